The predicted molar refractivity (Wildman–Crippen MR) is 132 cm³/mol. The number of fused-ring (bicyclic) bond motifs is 1. The van der Waals surface area contributed by atoms with Crippen molar-refractivity contribution in [3.8, 4) is 11.5 Å². The fraction of sp³-hybridized carbons (Fsp3) is 0.308. The van der Waals surface area contributed by atoms with Gasteiger partial charge in [-0.2, -0.15) is 5.10 Å². The fourth-order valence-corrected chi connectivity index (χ4v) is 4.10. The van der Waals surface area contributed by atoms with Gasteiger partial charge in [0.25, 0.3) is 11.8 Å². The summed E-state index contributed by atoms with van der Waals surface area (Å²) in [5.41, 5.74) is 0.428. The number of rotatable bonds is 8. The van der Waals surface area contributed by atoms with Crippen molar-refractivity contribution in [2.45, 2.75) is 32.1 Å². The van der Waals surface area contributed by atoms with Crippen molar-refractivity contribution >= 4 is 17.7 Å². The van der Waals surface area contributed by atoms with E-state index in [-0.39, 0.29) is 36.8 Å². The van der Waals surface area contributed by atoms with E-state index in [4.69, 9.17) is 9.47 Å². The molecule has 10 nitrogen and oxygen atoms in total. The lowest BCUT2D eigenvalue weighted by Gasteiger charge is -2.40. The van der Waals surface area contributed by atoms with Crippen LogP contribution in [0.15, 0.2) is 48.5 Å². The molecular weight excluding hydrogens is 481 g/mol. The Bertz CT molecular complexity index is 1340. The predicted octanol–water partition coefficient (Wildman–Crippen LogP) is 2.13. The minimum Gasteiger partial charge on any atom is -0.497 e. The lowest BCUT2D eigenvalue weighted by Crippen LogP contribution is -2.62. The Kier molecular flexibility index (Phi) is 7.14. The summed E-state index contributed by atoms with van der Waals surface area (Å²) in [7, 11) is 4.61. The molecule has 2 heterocycles. The van der Waals surface area contributed by atoms with Crippen LogP contribution in [0.25, 0.3) is 0 Å². The molecule has 3 aromatic rings. The smallest absolute Gasteiger partial charge is 0.272 e. The fourth-order valence-electron chi connectivity index (χ4n) is 4.10. The third-order valence-electron chi connectivity index (χ3n) is 6.52. The van der Waals surface area contributed by atoms with Crippen molar-refractivity contribution in [2.24, 2.45) is 0 Å². The molecule has 4 rings (SSSR count). The van der Waals surface area contributed by atoms with Gasteiger partial charge in [-0.05, 0) is 42.8 Å². The van der Waals surface area contributed by atoms with E-state index >= 15 is 0 Å². The van der Waals surface area contributed by atoms with E-state index < -0.39 is 23.3 Å². The molecule has 194 valence electrons. The van der Waals surface area contributed by atoms with Crippen molar-refractivity contribution in [1.82, 2.24) is 25.3 Å². The molecule has 1 aliphatic rings. The largest absolute Gasteiger partial charge is 0.497 e. The first-order valence-corrected chi connectivity index (χ1v) is 11.5. The number of likely N-dealkylation sites (N-methyl/N-ethyl adjacent to an activating group) is 1. The van der Waals surface area contributed by atoms with Crippen LogP contribution in [0, 0.1) is 5.82 Å². The van der Waals surface area contributed by atoms with Gasteiger partial charge in [0.15, 0.2) is 5.69 Å². The van der Waals surface area contributed by atoms with Gasteiger partial charge in [-0.1, -0.05) is 12.1 Å². The van der Waals surface area contributed by atoms with Gasteiger partial charge >= 0.3 is 0 Å². The van der Waals surface area contributed by atoms with Gasteiger partial charge in [0.05, 0.1) is 20.8 Å². The number of aromatic nitrogens is 2. The van der Waals surface area contributed by atoms with Crippen LogP contribution in [0.1, 0.15) is 39.0 Å². The Morgan fingerprint density at radius 3 is 2.46 bits per heavy atom. The van der Waals surface area contributed by atoms with Crippen LogP contribution in [0.5, 0.6) is 11.5 Å². The highest BCUT2D eigenvalue weighted by Crippen LogP contribution is 2.27. The summed E-state index contributed by atoms with van der Waals surface area (Å²) in [5.74, 6) is -0.479. The maximum atomic E-state index is 13.2. The molecule has 37 heavy (non-hydrogen) atoms. The van der Waals surface area contributed by atoms with Gasteiger partial charge in [0.1, 0.15) is 28.5 Å². The Morgan fingerprint density at radius 1 is 1.05 bits per heavy atom. The molecule has 1 atom stereocenters. The van der Waals surface area contributed by atoms with E-state index in [1.54, 1.807) is 44.4 Å². The minimum absolute atomic E-state index is 0.0505. The molecule has 0 fully saturated rings. The van der Waals surface area contributed by atoms with Crippen molar-refractivity contribution in [3.63, 3.8) is 0 Å². The van der Waals surface area contributed by atoms with Gasteiger partial charge in [-0.25, -0.2) is 4.39 Å². The van der Waals surface area contributed by atoms with Gasteiger partial charge < -0.3 is 25.0 Å². The second-order valence-corrected chi connectivity index (χ2v) is 8.88. The summed E-state index contributed by atoms with van der Waals surface area (Å²) < 4.78 is 25.1. The molecule has 1 aliphatic heterocycles. The quantitative estimate of drug-likeness (QED) is 0.481. The van der Waals surface area contributed by atoms with Crippen molar-refractivity contribution in [1.29, 1.82) is 0 Å². The SMILES string of the molecule is COc1ccc(OC)c(CNC(=O)c2cc3n(n2)C[C@@](C)(C(=O)NCc2ccc(F)cc2)N(C)C3=O)c1. The third-order valence-corrected chi connectivity index (χ3v) is 6.52. The lowest BCUT2D eigenvalue weighted by molar-refractivity contribution is -0.132. The first kappa shape index (κ1) is 25.7. The zero-order valence-corrected chi connectivity index (χ0v) is 21.0. The third kappa shape index (κ3) is 5.11. The number of amides is 3. The molecule has 11 heteroatoms. The second kappa shape index (κ2) is 10.3. The van der Waals surface area contributed by atoms with Crippen LogP contribution in [0.2, 0.25) is 0 Å². The molecule has 1 aromatic heterocycles. The second-order valence-electron chi connectivity index (χ2n) is 8.88. The molecule has 3 amide bonds. The van der Waals surface area contributed by atoms with E-state index in [0.29, 0.717) is 17.1 Å². The first-order chi connectivity index (χ1) is 17.7. The van der Waals surface area contributed by atoms with Crippen LogP contribution in [-0.2, 0) is 24.4 Å². The molecule has 0 bridgehead atoms. The van der Waals surface area contributed by atoms with Gasteiger partial charge in [0, 0.05) is 31.8 Å². The maximum Gasteiger partial charge on any atom is 0.272 e. The Morgan fingerprint density at radius 2 is 1.78 bits per heavy atom. The van der Waals surface area contributed by atoms with Crippen molar-refractivity contribution in [3.05, 3.63) is 76.9 Å². The number of hydrogen-bond donors (Lipinski definition) is 2. The van der Waals surface area contributed by atoms with Crippen LogP contribution in [0.4, 0.5) is 4.39 Å². The number of ether oxygens (including phenoxy) is 2. The number of hydrogen-bond acceptors (Lipinski definition) is 6. The Labute approximate surface area is 213 Å². The highest BCUT2D eigenvalue weighted by molar-refractivity contribution is 6.01. The summed E-state index contributed by atoms with van der Waals surface area (Å²) >= 11 is 0. The van der Waals surface area contributed by atoms with Crippen LogP contribution < -0.4 is 20.1 Å². The topological polar surface area (TPSA) is 115 Å². The average molecular weight is 510 g/mol. The lowest BCUT2D eigenvalue weighted by atomic mass is 9.96. The van der Waals surface area contributed by atoms with Gasteiger partial charge in [-0.3, -0.25) is 19.1 Å². The number of nitrogens with zero attached hydrogens (tertiary/aromatic N) is 3. The van der Waals surface area contributed by atoms with E-state index in [2.05, 4.69) is 15.7 Å². The van der Waals surface area contributed by atoms with Crippen LogP contribution >= 0.6 is 0 Å². The maximum absolute atomic E-state index is 13.2. The van der Waals surface area contributed by atoms with Crippen molar-refractivity contribution < 1.29 is 28.2 Å². The zero-order chi connectivity index (χ0) is 26.7. The summed E-state index contributed by atoms with van der Waals surface area (Å²) in [4.78, 5) is 40.4. The summed E-state index contributed by atoms with van der Waals surface area (Å²) in [6.45, 7) is 2.00. The molecule has 2 aromatic carbocycles. The number of benzene rings is 2. The standard InChI is InChI=1S/C26H28FN5O5/c1-26(25(35)29-13-16-5-7-18(27)8-6-16)15-32-21(24(34)31(26)2)12-20(30-32)23(33)28-14-17-11-19(36-3)9-10-22(17)37-4/h5-12H,13-15H2,1-4H3,(H,28,33)(H,29,35)/t26-/m0/s1. The normalized spacial score (nSPS) is 16.7. The summed E-state index contributed by atoms with van der Waals surface area (Å²) in [6, 6.07) is 12.4. The molecule has 0 unspecified atom stereocenters. The highest BCUT2D eigenvalue weighted by atomic mass is 19.1. The Hall–Kier alpha value is -4.41. The van der Waals surface area contributed by atoms with Crippen LogP contribution in [0.3, 0.4) is 0 Å². The van der Waals surface area contributed by atoms with E-state index in [9.17, 15) is 18.8 Å². The van der Waals surface area contributed by atoms with Crippen molar-refractivity contribution in [2.75, 3.05) is 21.3 Å². The first-order valence-electron chi connectivity index (χ1n) is 11.5. The molecule has 0 aliphatic carbocycles. The van der Waals surface area contributed by atoms with Crippen LogP contribution in [-0.4, -0.2) is 59.2 Å². The molecule has 0 saturated heterocycles. The molecular formula is C26H28FN5O5. The monoisotopic (exact) mass is 509 g/mol. The molecule has 2 N–H and O–H groups in total. The minimum atomic E-state index is -1.25. The Balaban J connectivity index is 1.47. The van der Waals surface area contributed by atoms with Gasteiger partial charge in [-0.15, -0.1) is 0 Å². The molecule has 0 radical (unpaired) electrons. The van der Waals surface area contributed by atoms with E-state index in [0.717, 1.165) is 5.56 Å². The number of nitrogens with one attached hydrogen (secondary N) is 2. The number of carbonyl (C=O) groups is 3. The molecule has 0 saturated carbocycles. The van der Waals surface area contributed by atoms with Gasteiger partial charge in [0.2, 0.25) is 5.91 Å². The van der Waals surface area contributed by atoms with E-state index in [1.165, 1.54) is 41.9 Å². The van der Waals surface area contributed by atoms with E-state index in [1.807, 2.05) is 0 Å². The zero-order valence-electron chi connectivity index (χ0n) is 21.0. The highest BCUT2D eigenvalue weighted by Gasteiger charge is 2.46. The number of methoxy groups -OCH3 is 2. The number of halogens is 1. The molecule has 0 spiro atoms. The summed E-state index contributed by atoms with van der Waals surface area (Å²) in [5, 5.41) is 9.89. The average Bonchev–Trinajstić information content (AvgIpc) is 3.33. The summed E-state index contributed by atoms with van der Waals surface area (Å²) in [6.07, 6.45) is 0. The number of carbonyl (C=O) groups excluding carboxylic acids is 3.